The van der Waals surface area contributed by atoms with Crippen LogP contribution in [0.15, 0.2) is 18.2 Å². The van der Waals surface area contributed by atoms with Crippen LogP contribution in [0.5, 0.6) is 5.75 Å². The molecule has 0 atom stereocenters. The van der Waals surface area contributed by atoms with Crippen molar-refractivity contribution >= 4 is 5.97 Å². The molecule has 1 aromatic rings. The molecule has 0 saturated carbocycles. The third-order valence-corrected chi connectivity index (χ3v) is 1.77. The number of carboxylic acids is 1. The summed E-state index contributed by atoms with van der Waals surface area (Å²) in [4.78, 5) is 10.8. The van der Waals surface area contributed by atoms with Crippen LogP contribution in [0.2, 0.25) is 0 Å². The van der Waals surface area contributed by atoms with Gasteiger partial charge in [-0.3, -0.25) is 0 Å². The summed E-state index contributed by atoms with van der Waals surface area (Å²) < 4.78 is 5.37. The Morgan fingerprint density at radius 1 is 1.40 bits per heavy atom. The van der Waals surface area contributed by atoms with Crippen LogP contribution in [-0.2, 0) is 6.61 Å². The van der Waals surface area contributed by atoms with E-state index in [9.17, 15) is 4.79 Å². The molecule has 0 aliphatic heterocycles. The van der Waals surface area contributed by atoms with Crippen LogP contribution in [0.1, 0.15) is 29.8 Å². The van der Waals surface area contributed by atoms with E-state index in [-0.39, 0.29) is 18.3 Å². The highest BCUT2D eigenvalue weighted by molar-refractivity contribution is 5.88. The Bertz CT molecular complexity index is 358. The Morgan fingerprint density at radius 3 is 2.53 bits per heavy atom. The van der Waals surface area contributed by atoms with Crippen LogP contribution in [0.3, 0.4) is 0 Å². The summed E-state index contributed by atoms with van der Waals surface area (Å²) in [6.45, 7) is 3.51. The molecule has 0 heterocycles. The van der Waals surface area contributed by atoms with Crippen LogP contribution in [-0.4, -0.2) is 22.3 Å². The van der Waals surface area contributed by atoms with Gasteiger partial charge in [-0.2, -0.15) is 0 Å². The Hall–Kier alpha value is -1.55. The van der Waals surface area contributed by atoms with E-state index in [0.29, 0.717) is 11.3 Å². The average Bonchev–Trinajstić information content (AvgIpc) is 2.16. The Labute approximate surface area is 88.1 Å². The summed E-state index contributed by atoms with van der Waals surface area (Å²) in [5.41, 5.74) is 0.655. The normalized spacial score (nSPS) is 10.4. The first-order valence-electron chi connectivity index (χ1n) is 4.67. The van der Waals surface area contributed by atoms with Crippen molar-refractivity contribution in [3.05, 3.63) is 29.3 Å². The van der Waals surface area contributed by atoms with Crippen LogP contribution >= 0.6 is 0 Å². The molecule has 0 radical (unpaired) electrons. The number of rotatable bonds is 4. The molecular formula is C11H14O4. The summed E-state index contributed by atoms with van der Waals surface area (Å²) in [5, 5.41) is 17.8. The number of carboxylic acid groups (broad SMARTS) is 1. The third kappa shape index (κ3) is 3.25. The largest absolute Gasteiger partial charge is 0.491 e. The van der Waals surface area contributed by atoms with Gasteiger partial charge < -0.3 is 14.9 Å². The molecule has 0 bridgehead atoms. The van der Waals surface area contributed by atoms with Gasteiger partial charge in [-0.25, -0.2) is 4.79 Å². The van der Waals surface area contributed by atoms with Crippen molar-refractivity contribution in [2.45, 2.75) is 26.6 Å². The molecule has 1 aromatic carbocycles. The molecule has 2 N–H and O–H groups in total. The molecule has 0 spiro atoms. The number of benzene rings is 1. The van der Waals surface area contributed by atoms with E-state index in [1.807, 2.05) is 13.8 Å². The van der Waals surface area contributed by atoms with Gasteiger partial charge in [-0.15, -0.1) is 0 Å². The molecule has 4 nitrogen and oxygen atoms in total. The van der Waals surface area contributed by atoms with E-state index in [1.54, 1.807) is 6.07 Å². The fourth-order valence-corrected chi connectivity index (χ4v) is 1.22. The van der Waals surface area contributed by atoms with Crippen molar-refractivity contribution in [2.75, 3.05) is 0 Å². The van der Waals surface area contributed by atoms with Gasteiger partial charge in [-0.1, -0.05) is 0 Å². The van der Waals surface area contributed by atoms with Gasteiger partial charge in [0.05, 0.1) is 18.3 Å². The molecular weight excluding hydrogens is 196 g/mol. The van der Waals surface area contributed by atoms with Gasteiger partial charge in [0.15, 0.2) is 0 Å². The second-order valence-corrected chi connectivity index (χ2v) is 3.50. The Morgan fingerprint density at radius 2 is 2.07 bits per heavy atom. The van der Waals surface area contributed by atoms with Crippen molar-refractivity contribution in [2.24, 2.45) is 0 Å². The number of aliphatic hydroxyl groups excluding tert-OH is 1. The van der Waals surface area contributed by atoms with Crippen molar-refractivity contribution in [3.8, 4) is 5.75 Å². The summed E-state index contributed by atoms with van der Waals surface area (Å²) in [5.74, 6) is -0.562. The fraction of sp³-hybridized carbons (Fsp3) is 0.364. The predicted octanol–water partition coefficient (Wildman–Crippen LogP) is 1.66. The Kier molecular flexibility index (Phi) is 3.68. The third-order valence-electron chi connectivity index (χ3n) is 1.77. The first-order valence-corrected chi connectivity index (χ1v) is 4.67. The predicted molar refractivity (Wildman–Crippen MR) is 55.1 cm³/mol. The lowest BCUT2D eigenvalue weighted by Crippen LogP contribution is -2.07. The van der Waals surface area contributed by atoms with E-state index in [0.717, 1.165) is 0 Å². The SMILES string of the molecule is CC(C)Oc1cc(CO)cc(C(=O)O)c1. The maximum Gasteiger partial charge on any atom is 0.335 e. The van der Waals surface area contributed by atoms with Gasteiger partial charge >= 0.3 is 5.97 Å². The number of carbonyl (C=O) groups is 1. The van der Waals surface area contributed by atoms with Crippen LogP contribution < -0.4 is 4.74 Å². The molecule has 82 valence electrons. The zero-order valence-electron chi connectivity index (χ0n) is 8.73. The van der Waals surface area contributed by atoms with E-state index < -0.39 is 5.97 Å². The molecule has 0 aromatic heterocycles. The number of ether oxygens (including phenoxy) is 1. The van der Waals surface area contributed by atoms with Gasteiger partial charge in [0.2, 0.25) is 0 Å². The molecule has 0 unspecified atom stereocenters. The minimum absolute atomic E-state index is 0.0272. The number of aromatic carboxylic acids is 1. The second-order valence-electron chi connectivity index (χ2n) is 3.50. The molecule has 0 aliphatic carbocycles. The van der Waals surface area contributed by atoms with Gasteiger partial charge in [0.25, 0.3) is 0 Å². The smallest absolute Gasteiger partial charge is 0.335 e. The first-order chi connectivity index (χ1) is 7.02. The quantitative estimate of drug-likeness (QED) is 0.793. The van der Waals surface area contributed by atoms with Crippen LogP contribution in [0.4, 0.5) is 0 Å². The molecule has 0 fully saturated rings. The summed E-state index contributed by atoms with van der Waals surface area (Å²) in [7, 11) is 0. The molecule has 1 rings (SSSR count). The molecule has 0 saturated heterocycles. The van der Waals surface area contributed by atoms with Gasteiger partial charge in [-0.05, 0) is 37.6 Å². The fourth-order valence-electron chi connectivity index (χ4n) is 1.22. The van der Waals surface area contributed by atoms with Crippen molar-refractivity contribution < 1.29 is 19.7 Å². The molecule has 0 amide bonds. The standard InChI is InChI=1S/C11H14O4/c1-7(2)15-10-4-8(6-12)3-9(5-10)11(13)14/h3-5,7,12H,6H2,1-2H3,(H,13,14). The lowest BCUT2D eigenvalue weighted by Gasteiger charge is -2.11. The lowest BCUT2D eigenvalue weighted by atomic mass is 10.1. The topological polar surface area (TPSA) is 66.8 Å². The van der Waals surface area contributed by atoms with Crippen molar-refractivity contribution in [3.63, 3.8) is 0 Å². The maximum absolute atomic E-state index is 10.8. The van der Waals surface area contributed by atoms with Crippen molar-refractivity contribution in [1.29, 1.82) is 0 Å². The summed E-state index contributed by atoms with van der Waals surface area (Å²) in [6, 6.07) is 4.50. The van der Waals surface area contributed by atoms with E-state index >= 15 is 0 Å². The highest BCUT2D eigenvalue weighted by Crippen LogP contribution is 2.18. The minimum atomic E-state index is -1.03. The number of hydrogen-bond donors (Lipinski definition) is 2. The highest BCUT2D eigenvalue weighted by Gasteiger charge is 2.08. The van der Waals surface area contributed by atoms with E-state index in [4.69, 9.17) is 14.9 Å². The van der Waals surface area contributed by atoms with Crippen LogP contribution in [0.25, 0.3) is 0 Å². The van der Waals surface area contributed by atoms with Crippen molar-refractivity contribution in [1.82, 2.24) is 0 Å². The second kappa shape index (κ2) is 4.79. The highest BCUT2D eigenvalue weighted by atomic mass is 16.5. The first kappa shape index (κ1) is 11.5. The van der Waals surface area contributed by atoms with Crippen LogP contribution in [0, 0.1) is 0 Å². The minimum Gasteiger partial charge on any atom is -0.491 e. The summed E-state index contributed by atoms with van der Waals surface area (Å²) >= 11 is 0. The number of hydrogen-bond acceptors (Lipinski definition) is 3. The maximum atomic E-state index is 10.8. The molecule has 15 heavy (non-hydrogen) atoms. The monoisotopic (exact) mass is 210 g/mol. The Balaban J connectivity index is 3.05. The zero-order valence-corrected chi connectivity index (χ0v) is 8.73. The molecule has 0 aliphatic rings. The van der Waals surface area contributed by atoms with Gasteiger partial charge in [0, 0.05) is 0 Å². The zero-order chi connectivity index (χ0) is 11.4. The van der Waals surface area contributed by atoms with Gasteiger partial charge in [0.1, 0.15) is 5.75 Å². The summed E-state index contributed by atoms with van der Waals surface area (Å²) in [6.07, 6.45) is -0.0272. The molecule has 4 heteroatoms. The van der Waals surface area contributed by atoms with E-state index in [2.05, 4.69) is 0 Å². The number of aliphatic hydroxyl groups is 1. The lowest BCUT2D eigenvalue weighted by molar-refractivity contribution is 0.0696. The average molecular weight is 210 g/mol. The van der Waals surface area contributed by atoms with E-state index in [1.165, 1.54) is 12.1 Å².